The van der Waals surface area contributed by atoms with Crippen LogP contribution in [0.2, 0.25) is 0 Å². The number of sulfone groups is 1. The molecule has 3 aromatic carbocycles. The van der Waals surface area contributed by atoms with Crippen molar-refractivity contribution in [3.8, 4) is 0 Å². The molecule has 4 rings (SSSR count). The number of carbonyl (C=O) groups is 1. The molecule has 0 amide bonds. The largest absolute Gasteiger partial charge is 0.755 e. The Hall–Kier alpha value is -3.31. The van der Waals surface area contributed by atoms with E-state index in [9.17, 15) is 27.1 Å². The van der Waals surface area contributed by atoms with Crippen LogP contribution in [0.5, 0.6) is 0 Å². The summed E-state index contributed by atoms with van der Waals surface area (Å²) in [5.74, 6) is -0.999. The monoisotopic (exact) mass is 526 g/mol. The predicted octanol–water partition coefficient (Wildman–Crippen LogP) is 5.00. The van der Waals surface area contributed by atoms with Gasteiger partial charge in [-0.15, -0.1) is 11.3 Å². The lowest BCUT2D eigenvalue weighted by molar-refractivity contribution is 0.0695. The molecule has 0 saturated carbocycles. The third-order valence-corrected chi connectivity index (χ3v) is 8.98. The zero-order valence-electron chi connectivity index (χ0n) is 18.2. The van der Waals surface area contributed by atoms with Crippen molar-refractivity contribution >= 4 is 49.1 Å². The van der Waals surface area contributed by atoms with Crippen molar-refractivity contribution < 1.29 is 27.1 Å². The van der Waals surface area contributed by atoms with Crippen LogP contribution in [0.3, 0.4) is 0 Å². The van der Waals surface area contributed by atoms with Crippen molar-refractivity contribution in [2.75, 3.05) is 4.31 Å². The SMILES string of the molecule is O=C(O)c1ccccc1CCc1cccc(N(c2cc(S(=O)(=O)c3ccccc3)cs2)S(=O)[O-])c1. The van der Waals surface area contributed by atoms with E-state index in [-0.39, 0.29) is 20.4 Å². The van der Waals surface area contributed by atoms with E-state index in [1.807, 2.05) is 6.07 Å². The molecule has 1 N–H and O–H groups in total. The van der Waals surface area contributed by atoms with Gasteiger partial charge in [-0.3, -0.25) is 8.51 Å². The summed E-state index contributed by atoms with van der Waals surface area (Å²) in [7, 11) is -3.78. The van der Waals surface area contributed by atoms with Crippen LogP contribution in [-0.4, -0.2) is 28.3 Å². The summed E-state index contributed by atoms with van der Waals surface area (Å²) in [5.41, 5.74) is 2.08. The Bertz CT molecular complexity index is 1480. The van der Waals surface area contributed by atoms with Crippen molar-refractivity contribution in [2.24, 2.45) is 0 Å². The predicted molar refractivity (Wildman–Crippen MR) is 135 cm³/mol. The first-order valence-corrected chi connectivity index (χ1v) is 13.8. The molecule has 0 spiro atoms. The van der Waals surface area contributed by atoms with Gasteiger partial charge in [-0.1, -0.05) is 48.5 Å². The molecule has 10 heteroatoms. The van der Waals surface area contributed by atoms with Crippen molar-refractivity contribution in [1.82, 2.24) is 0 Å². The molecule has 180 valence electrons. The number of carboxylic acid groups (broad SMARTS) is 1. The first-order valence-electron chi connectivity index (χ1n) is 10.5. The summed E-state index contributed by atoms with van der Waals surface area (Å²) < 4.78 is 51.2. The molecule has 35 heavy (non-hydrogen) atoms. The number of rotatable bonds is 9. The number of benzene rings is 3. The van der Waals surface area contributed by atoms with Crippen LogP contribution in [0, 0.1) is 0 Å². The van der Waals surface area contributed by atoms with Crippen LogP contribution >= 0.6 is 11.3 Å². The fraction of sp³-hybridized carbons (Fsp3) is 0.0800. The van der Waals surface area contributed by atoms with Crippen molar-refractivity contribution in [1.29, 1.82) is 0 Å². The molecule has 0 fully saturated rings. The molecule has 0 bridgehead atoms. The highest BCUT2D eigenvalue weighted by Crippen LogP contribution is 2.36. The standard InChI is InChI=1S/C25H21NO6S3/c27-25(28)23-12-5-4-8-19(23)14-13-18-7-6-9-20(15-18)26(34(29)30)24-16-22(17-33-24)35(31,32)21-10-2-1-3-11-21/h1-12,15-17H,13-14H2,(H,27,28)(H,29,30)/p-1. The maximum absolute atomic E-state index is 12.9. The molecule has 7 nitrogen and oxygen atoms in total. The molecule has 1 aromatic heterocycles. The smallest absolute Gasteiger partial charge is 0.335 e. The van der Waals surface area contributed by atoms with E-state index >= 15 is 0 Å². The second kappa shape index (κ2) is 10.5. The highest BCUT2D eigenvalue weighted by atomic mass is 32.2. The lowest BCUT2D eigenvalue weighted by atomic mass is 9.99. The average molecular weight is 527 g/mol. The van der Waals surface area contributed by atoms with Crippen molar-refractivity contribution in [3.05, 3.63) is 107 Å². The van der Waals surface area contributed by atoms with Crippen LogP contribution < -0.4 is 4.31 Å². The third-order valence-electron chi connectivity index (χ3n) is 5.35. The summed E-state index contributed by atoms with van der Waals surface area (Å²) in [4.78, 5) is 11.6. The number of aromatic carboxylic acids is 1. The van der Waals surface area contributed by atoms with Gasteiger partial charge in [0.25, 0.3) is 0 Å². The molecule has 1 unspecified atom stereocenters. The fourth-order valence-corrected chi connectivity index (χ4v) is 6.92. The number of carboxylic acids is 1. The number of nitrogens with zero attached hydrogens (tertiary/aromatic N) is 1. The molecule has 0 aliphatic rings. The van der Waals surface area contributed by atoms with Gasteiger partial charge in [0.1, 0.15) is 5.00 Å². The fourth-order valence-electron chi connectivity index (χ4n) is 3.64. The summed E-state index contributed by atoms with van der Waals surface area (Å²) in [6.45, 7) is 0. The zero-order chi connectivity index (χ0) is 25.0. The Labute approximate surface area is 209 Å². The normalized spacial score (nSPS) is 12.3. The van der Waals surface area contributed by atoms with Crippen LogP contribution in [0.1, 0.15) is 21.5 Å². The van der Waals surface area contributed by atoms with Gasteiger partial charge in [-0.25, -0.2) is 13.2 Å². The van der Waals surface area contributed by atoms with Crippen LogP contribution in [0.25, 0.3) is 0 Å². The summed E-state index contributed by atoms with van der Waals surface area (Å²) in [5, 5.41) is 11.0. The Kier molecular flexibility index (Phi) is 7.46. The maximum Gasteiger partial charge on any atom is 0.335 e. The minimum atomic E-state index is -3.78. The lowest BCUT2D eigenvalue weighted by Gasteiger charge is -2.25. The summed E-state index contributed by atoms with van der Waals surface area (Å²) in [6, 6.07) is 22.9. The minimum absolute atomic E-state index is 0.0144. The van der Waals surface area contributed by atoms with E-state index in [4.69, 9.17) is 0 Å². The number of anilines is 2. The van der Waals surface area contributed by atoms with Crippen molar-refractivity contribution in [2.45, 2.75) is 22.6 Å². The number of hydrogen-bond donors (Lipinski definition) is 1. The lowest BCUT2D eigenvalue weighted by Crippen LogP contribution is -2.18. The van der Waals surface area contributed by atoms with Gasteiger partial charge >= 0.3 is 5.97 Å². The van der Waals surface area contributed by atoms with Gasteiger partial charge in [-0.2, -0.15) is 0 Å². The third kappa shape index (κ3) is 5.51. The maximum atomic E-state index is 12.9. The van der Waals surface area contributed by atoms with Gasteiger partial charge in [0, 0.05) is 5.38 Å². The molecule has 0 aliphatic heterocycles. The second-order valence-electron chi connectivity index (χ2n) is 7.58. The van der Waals surface area contributed by atoms with E-state index in [0.29, 0.717) is 24.1 Å². The molecular weight excluding hydrogens is 506 g/mol. The van der Waals surface area contributed by atoms with Gasteiger partial charge < -0.3 is 9.66 Å². The first-order chi connectivity index (χ1) is 16.8. The van der Waals surface area contributed by atoms with Gasteiger partial charge in [0.2, 0.25) is 9.84 Å². The number of thiophene rings is 1. The highest BCUT2D eigenvalue weighted by Gasteiger charge is 2.22. The molecule has 0 aliphatic carbocycles. The minimum Gasteiger partial charge on any atom is -0.755 e. The number of aryl methyl sites for hydroxylation is 2. The topological polar surface area (TPSA) is 115 Å². The Morgan fingerprint density at radius 2 is 1.63 bits per heavy atom. The van der Waals surface area contributed by atoms with Crippen LogP contribution in [-0.2, 0) is 33.9 Å². The summed E-state index contributed by atoms with van der Waals surface area (Å²) >= 11 is -1.69. The van der Waals surface area contributed by atoms with E-state index in [2.05, 4.69) is 0 Å². The first kappa shape index (κ1) is 24.8. The van der Waals surface area contributed by atoms with Gasteiger partial charge in [-0.05, 0) is 60.4 Å². The molecule has 0 radical (unpaired) electrons. The molecule has 1 heterocycles. The van der Waals surface area contributed by atoms with E-state index in [0.717, 1.165) is 21.2 Å². The average Bonchev–Trinajstić information content (AvgIpc) is 3.34. The van der Waals surface area contributed by atoms with Crippen LogP contribution in [0.15, 0.2) is 100 Å². The second-order valence-corrected chi connectivity index (χ2v) is 11.2. The van der Waals surface area contributed by atoms with Gasteiger partial charge in [0.15, 0.2) is 0 Å². The Morgan fingerprint density at radius 1 is 0.914 bits per heavy atom. The zero-order valence-corrected chi connectivity index (χ0v) is 20.7. The molecule has 0 saturated heterocycles. The van der Waals surface area contributed by atoms with Crippen molar-refractivity contribution in [3.63, 3.8) is 0 Å². The van der Waals surface area contributed by atoms with E-state index in [1.165, 1.54) is 23.6 Å². The summed E-state index contributed by atoms with van der Waals surface area (Å²) in [6.07, 6.45) is 0.959. The van der Waals surface area contributed by atoms with Crippen LogP contribution in [0.4, 0.5) is 10.7 Å². The highest BCUT2D eigenvalue weighted by molar-refractivity contribution is 7.91. The Balaban J connectivity index is 1.60. The quantitative estimate of drug-likeness (QED) is 0.307. The van der Waals surface area contributed by atoms with E-state index < -0.39 is 27.1 Å². The van der Waals surface area contributed by atoms with Gasteiger partial charge in [0.05, 0.1) is 32.3 Å². The molecule has 4 aromatic rings. The number of hydrogen-bond acceptors (Lipinski definition) is 6. The Morgan fingerprint density at radius 3 is 2.34 bits per heavy atom. The molecular formula is C25H20NO6S3-. The molecule has 1 atom stereocenters. The van der Waals surface area contributed by atoms with E-state index in [1.54, 1.807) is 60.7 Å².